The lowest BCUT2D eigenvalue weighted by molar-refractivity contribution is -0.140. The molecule has 1 aliphatic heterocycles. The molecule has 0 radical (unpaired) electrons. The molecule has 0 N–H and O–H groups in total. The molecule has 0 saturated carbocycles. The molecule has 1 aromatic heterocycles. The van der Waals surface area contributed by atoms with E-state index in [1.165, 1.54) is 0 Å². The summed E-state index contributed by atoms with van der Waals surface area (Å²) in [6.45, 7) is 2.44. The van der Waals surface area contributed by atoms with Crippen molar-refractivity contribution in [3.05, 3.63) is 71.0 Å². The third-order valence-electron chi connectivity index (χ3n) is 5.04. The second kappa shape index (κ2) is 6.91. The minimum Gasteiger partial charge on any atom is -0.461 e. The number of aryl methyl sites for hydroxylation is 1. The summed E-state index contributed by atoms with van der Waals surface area (Å²) in [5.41, 5.74) is 3.22. The van der Waals surface area contributed by atoms with Crippen molar-refractivity contribution in [1.82, 2.24) is 4.90 Å². The number of likely N-dealkylation sites (N-methyl/N-ethyl adjacent to an activating group) is 1. The largest absolute Gasteiger partial charge is 0.461 e. The van der Waals surface area contributed by atoms with E-state index in [4.69, 9.17) is 9.15 Å². The molecule has 0 bridgehead atoms. The van der Waals surface area contributed by atoms with Gasteiger partial charge in [-0.1, -0.05) is 43.3 Å². The normalized spacial score (nSPS) is 16.1. The molecule has 4 rings (SSSR count). The van der Waals surface area contributed by atoms with Crippen LogP contribution in [0, 0.1) is 0 Å². The van der Waals surface area contributed by atoms with Crippen LogP contribution in [0.5, 0.6) is 0 Å². The van der Waals surface area contributed by atoms with Crippen LogP contribution in [-0.2, 0) is 28.9 Å². The zero-order chi connectivity index (χ0) is 19.0. The van der Waals surface area contributed by atoms with Crippen molar-refractivity contribution in [2.24, 2.45) is 0 Å². The van der Waals surface area contributed by atoms with E-state index in [0.29, 0.717) is 18.5 Å². The van der Waals surface area contributed by atoms with E-state index in [9.17, 15) is 9.59 Å². The molecule has 138 valence electrons. The van der Waals surface area contributed by atoms with Crippen LogP contribution in [0.1, 0.15) is 34.2 Å². The first kappa shape index (κ1) is 17.3. The second-order valence-corrected chi connectivity index (χ2v) is 6.80. The number of benzene rings is 2. The number of carbonyl (C=O) groups excluding carboxylic acids is 2. The van der Waals surface area contributed by atoms with Crippen molar-refractivity contribution in [2.45, 2.75) is 32.4 Å². The van der Waals surface area contributed by atoms with Crippen LogP contribution in [0.25, 0.3) is 11.0 Å². The molecule has 1 atom stereocenters. The van der Waals surface area contributed by atoms with Crippen molar-refractivity contribution >= 4 is 22.8 Å². The Balaban J connectivity index is 1.57. The number of fused-ring (bicyclic) bond motifs is 2. The van der Waals surface area contributed by atoms with Gasteiger partial charge in [0.25, 0.3) is 5.91 Å². The van der Waals surface area contributed by atoms with Crippen LogP contribution >= 0.6 is 0 Å². The van der Waals surface area contributed by atoms with Gasteiger partial charge in [-0.3, -0.25) is 4.79 Å². The van der Waals surface area contributed by atoms with Gasteiger partial charge >= 0.3 is 5.97 Å². The molecule has 0 fully saturated rings. The van der Waals surface area contributed by atoms with E-state index in [1.807, 2.05) is 43.3 Å². The fourth-order valence-electron chi connectivity index (χ4n) is 3.64. The first-order valence-corrected chi connectivity index (χ1v) is 9.11. The SMILES string of the molecule is CCc1oc2ccccc2c1CN(C)C(=O)C1Cc2ccccc2C(=O)O1. The Morgan fingerprint density at radius 1 is 1.15 bits per heavy atom. The third-order valence-corrected chi connectivity index (χ3v) is 5.04. The van der Waals surface area contributed by atoms with Crippen molar-refractivity contribution in [3.63, 3.8) is 0 Å². The number of hydrogen-bond donors (Lipinski definition) is 0. The van der Waals surface area contributed by atoms with Crippen molar-refractivity contribution < 1.29 is 18.7 Å². The number of carbonyl (C=O) groups is 2. The lowest BCUT2D eigenvalue weighted by Gasteiger charge is -2.27. The van der Waals surface area contributed by atoms with Gasteiger partial charge in [0.2, 0.25) is 0 Å². The molecule has 5 nitrogen and oxygen atoms in total. The molecule has 2 aromatic carbocycles. The predicted molar refractivity (Wildman–Crippen MR) is 101 cm³/mol. The lowest BCUT2D eigenvalue weighted by Crippen LogP contribution is -2.42. The fraction of sp³-hybridized carbons (Fsp3) is 0.273. The van der Waals surface area contributed by atoms with Crippen LogP contribution < -0.4 is 0 Å². The monoisotopic (exact) mass is 363 g/mol. The number of para-hydroxylation sites is 1. The molecular weight excluding hydrogens is 342 g/mol. The first-order valence-electron chi connectivity index (χ1n) is 9.11. The summed E-state index contributed by atoms with van der Waals surface area (Å²) in [5, 5.41) is 1.01. The van der Waals surface area contributed by atoms with Crippen LogP contribution in [0.4, 0.5) is 0 Å². The van der Waals surface area contributed by atoms with E-state index >= 15 is 0 Å². The summed E-state index contributed by atoms with van der Waals surface area (Å²) in [6, 6.07) is 15.1. The molecule has 5 heteroatoms. The van der Waals surface area contributed by atoms with Crippen LogP contribution in [0.15, 0.2) is 52.9 Å². The van der Waals surface area contributed by atoms with E-state index in [-0.39, 0.29) is 5.91 Å². The molecule has 1 aliphatic rings. The van der Waals surface area contributed by atoms with E-state index < -0.39 is 12.1 Å². The van der Waals surface area contributed by atoms with Crippen molar-refractivity contribution in [3.8, 4) is 0 Å². The Kier molecular flexibility index (Phi) is 4.44. The first-order chi connectivity index (χ1) is 13.1. The smallest absolute Gasteiger partial charge is 0.339 e. The number of ether oxygens (including phenoxy) is 1. The Hall–Kier alpha value is -3.08. The minimum atomic E-state index is -0.791. The van der Waals surface area contributed by atoms with Crippen LogP contribution in [0.3, 0.4) is 0 Å². The Morgan fingerprint density at radius 2 is 1.89 bits per heavy atom. The molecule has 1 amide bonds. The molecule has 0 saturated heterocycles. The standard InChI is InChI=1S/C22H21NO4/c1-3-18-17(16-10-6-7-11-19(16)26-18)13-23(2)21(24)20-12-14-8-4-5-9-15(14)22(25)27-20/h4-11,20H,3,12-13H2,1-2H3. The van der Waals surface area contributed by atoms with Gasteiger partial charge in [-0.05, 0) is 17.7 Å². The van der Waals surface area contributed by atoms with Gasteiger partial charge in [-0.15, -0.1) is 0 Å². The van der Waals surface area contributed by atoms with E-state index in [2.05, 4.69) is 0 Å². The van der Waals surface area contributed by atoms with Crippen LogP contribution in [0.2, 0.25) is 0 Å². The average Bonchev–Trinajstić information content (AvgIpc) is 3.05. The minimum absolute atomic E-state index is 0.204. The Morgan fingerprint density at radius 3 is 2.70 bits per heavy atom. The summed E-state index contributed by atoms with van der Waals surface area (Å²) < 4.78 is 11.3. The maximum absolute atomic E-state index is 12.9. The molecule has 1 unspecified atom stereocenters. The average molecular weight is 363 g/mol. The molecule has 27 heavy (non-hydrogen) atoms. The second-order valence-electron chi connectivity index (χ2n) is 6.80. The number of furan rings is 1. The van der Waals surface area contributed by atoms with Crippen molar-refractivity contribution in [2.75, 3.05) is 7.05 Å². The summed E-state index contributed by atoms with van der Waals surface area (Å²) in [6.07, 6.45) is 0.357. The quantitative estimate of drug-likeness (QED) is 0.663. The Bertz CT molecular complexity index is 1020. The van der Waals surface area contributed by atoms with Gasteiger partial charge in [0, 0.05) is 37.4 Å². The summed E-state index contributed by atoms with van der Waals surface area (Å²) in [5.74, 6) is 0.235. The number of cyclic esters (lactones) is 1. The molecule has 0 spiro atoms. The van der Waals surface area contributed by atoms with Gasteiger partial charge in [-0.25, -0.2) is 4.79 Å². The maximum atomic E-state index is 12.9. The fourth-order valence-corrected chi connectivity index (χ4v) is 3.64. The highest BCUT2D eigenvalue weighted by molar-refractivity contribution is 5.95. The zero-order valence-electron chi connectivity index (χ0n) is 15.4. The highest BCUT2D eigenvalue weighted by Crippen LogP contribution is 2.28. The number of amides is 1. The molecular formula is C22H21NO4. The molecule has 0 aliphatic carbocycles. The maximum Gasteiger partial charge on any atom is 0.339 e. The van der Waals surface area contributed by atoms with E-state index in [1.54, 1.807) is 24.1 Å². The van der Waals surface area contributed by atoms with E-state index in [0.717, 1.165) is 34.3 Å². The topological polar surface area (TPSA) is 59.8 Å². The predicted octanol–water partition coefficient (Wildman–Crippen LogP) is 3.74. The number of hydrogen-bond acceptors (Lipinski definition) is 4. The van der Waals surface area contributed by atoms with Gasteiger partial charge in [0.15, 0.2) is 6.10 Å². The number of rotatable bonds is 4. The number of nitrogens with zero attached hydrogens (tertiary/aromatic N) is 1. The third kappa shape index (κ3) is 3.10. The summed E-state index contributed by atoms with van der Waals surface area (Å²) in [7, 11) is 1.73. The van der Waals surface area contributed by atoms with Gasteiger partial charge in [0.1, 0.15) is 11.3 Å². The van der Waals surface area contributed by atoms with Gasteiger partial charge < -0.3 is 14.1 Å². The zero-order valence-corrected chi connectivity index (χ0v) is 15.4. The van der Waals surface area contributed by atoms with Gasteiger partial charge in [-0.2, -0.15) is 0 Å². The Labute approximate surface area is 157 Å². The molecule has 2 heterocycles. The summed E-state index contributed by atoms with van der Waals surface area (Å²) >= 11 is 0. The summed E-state index contributed by atoms with van der Waals surface area (Å²) in [4.78, 5) is 26.8. The number of esters is 1. The lowest BCUT2D eigenvalue weighted by atomic mass is 9.98. The highest BCUT2D eigenvalue weighted by atomic mass is 16.5. The van der Waals surface area contributed by atoms with Crippen LogP contribution in [-0.4, -0.2) is 29.9 Å². The molecule has 3 aromatic rings. The highest BCUT2D eigenvalue weighted by Gasteiger charge is 2.33. The van der Waals surface area contributed by atoms with Crippen molar-refractivity contribution in [1.29, 1.82) is 0 Å². The van der Waals surface area contributed by atoms with Gasteiger partial charge in [0.05, 0.1) is 5.56 Å².